The minimum Gasteiger partial charge on any atom is -0.337 e. The van der Waals surface area contributed by atoms with Gasteiger partial charge in [-0.15, -0.1) is 0 Å². The maximum Gasteiger partial charge on any atom is 0.0488 e. The van der Waals surface area contributed by atoms with Crippen LogP contribution in [0.15, 0.2) is 66.2 Å². The van der Waals surface area contributed by atoms with Gasteiger partial charge in [0.2, 0.25) is 0 Å². The van der Waals surface area contributed by atoms with Crippen LogP contribution in [0.3, 0.4) is 0 Å². The molecule has 0 N–H and O–H groups in total. The average Bonchev–Trinajstić information content (AvgIpc) is 3.21. The summed E-state index contributed by atoms with van der Waals surface area (Å²) in [4.78, 5) is 2.62. The Hall–Kier alpha value is -2.32. The fraction of sp³-hybridized carbons (Fsp3) is 0.360. The summed E-state index contributed by atoms with van der Waals surface area (Å²) in [5.74, 6) is 0.845. The number of hydrogen-bond acceptors (Lipinski definition) is 1. The molecule has 0 amide bonds. The molecule has 138 valence electrons. The molecule has 2 nitrogen and oxygen atoms in total. The molecule has 2 heteroatoms. The topological polar surface area (TPSA) is 8.17 Å². The average molecular weight is 357 g/mol. The van der Waals surface area contributed by atoms with E-state index in [2.05, 4.69) is 77.1 Å². The van der Waals surface area contributed by atoms with Gasteiger partial charge in [0.25, 0.3) is 0 Å². The van der Waals surface area contributed by atoms with Crippen LogP contribution in [0.5, 0.6) is 0 Å². The highest BCUT2D eigenvalue weighted by atomic mass is 15.1. The van der Waals surface area contributed by atoms with Crippen molar-refractivity contribution in [2.75, 3.05) is 13.1 Å². The lowest BCUT2D eigenvalue weighted by atomic mass is 9.88. The third kappa shape index (κ3) is 3.23. The first-order valence-electron chi connectivity index (χ1n) is 10.3. The van der Waals surface area contributed by atoms with Gasteiger partial charge in [-0.3, -0.25) is 4.90 Å². The van der Waals surface area contributed by atoms with Gasteiger partial charge < -0.3 is 4.57 Å². The minimum absolute atomic E-state index is 0.845. The Morgan fingerprint density at radius 3 is 2.48 bits per heavy atom. The van der Waals surface area contributed by atoms with Crippen LogP contribution < -0.4 is 0 Å². The van der Waals surface area contributed by atoms with Crippen molar-refractivity contribution in [2.45, 2.75) is 39.3 Å². The van der Waals surface area contributed by atoms with Crippen LogP contribution in [-0.4, -0.2) is 22.6 Å². The molecule has 5 rings (SSSR count). The van der Waals surface area contributed by atoms with Crippen molar-refractivity contribution in [1.82, 2.24) is 9.47 Å². The Balaban J connectivity index is 1.22. The van der Waals surface area contributed by atoms with Gasteiger partial charge in [0.1, 0.15) is 0 Å². The molecule has 0 aliphatic carbocycles. The maximum atomic E-state index is 2.62. The van der Waals surface area contributed by atoms with E-state index in [4.69, 9.17) is 0 Å². The summed E-state index contributed by atoms with van der Waals surface area (Å²) in [6, 6.07) is 22.1. The third-order valence-electron chi connectivity index (χ3n) is 6.57. The lowest BCUT2D eigenvalue weighted by Gasteiger charge is -2.32. The predicted molar refractivity (Wildman–Crippen MR) is 114 cm³/mol. The van der Waals surface area contributed by atoms with E-state index in [0.717, 1.165) is 19.0 Å². The zero-order chi connectivity index (χ0) is 18.2. The molecule has 1 saturated heterocycles. The molecule has 0 saturated carbocycles. The van der Waals surface area contributed by atoms with Crippen molar-refractivity contribution in [2.24, 2.45) is 5.92 Å². The molecular weight excluding hydrogens is 328 g/mol. The fourth-order valence-corrected chi connectivity index (χ4v) is 4.94. The molecule has 1 aromatic heterocycles. The van der Waals surface area contributed by atoms with Crippen LogP contribution in [0.1, 0.15) is 37.4 Å². The largest absolute Gasteiger partial charge is 0.337 e. The van der Waals surface area contributed by atoms with E-state index in [0.29, 0.717) is 0 Å². The van der Waals surface area contributed by atoms with Crippen molar-refractivity contribution < 1.29 is 0 Å². The summed E-state index contributed by atoms with van der Waals surface area (Å²) in [6.07, 6.45) is 3.94. The number of piperidine rings is 1. The highest BCUT2D eigenvalue weighted by molar-refractivity contribution is 5.87. The number of rotatable bonds is 4. The standard InChI is InChI=1S/C25H28N2/c1-19-23(18-27-24-10-6-5-9-22(24)16-25(19)27)15-20-11-13-26(14-12-20)17-21-7-3-2-4-8-21/h2-10,16,20H,11-15,17-18H2,1H3. The van der Waals surface area contributed by atoms with Gasteiger partial charge in [-0.1, -0.05) is 48.5 Å². The van der Waals surface area contributed by atoms with Gasteiger partial charge in [0.15, 0.2) is 0 Å². The Kier molecular flexibility index (Phi) is 4.37. The van der Waals surface area contributed by atoms with Crippen molar-refractivity contribution in [1.29, 1.82) is 0 Å². The molecule has 2 aromatic carbocycles. The smallest absolute Gasteiger partial charge is 0.0488 e. The second-order valence-corrected chi connectivity index (χ2v) is 8.31. The molecule has 0 spiro atoms. The summed E-state index contributed by atoms with van der Waals surface area (Å²) >= 11 is 0. The molecule has 0 radical (unpaired) electrons. The zero-order valence-electron chi connectivity index (χ0n) is 16.2. The first-order valence-corrected chi connectivity index (χ1v) is 10.3. The maximum absolute atomic E-state index is 2.62. The number of allylic oxidation sites excluding steroid dienone is 2. The summed E-state index contributed by atoms with van der Waals surface area (Å²) in [5.41, 5.74) is 7.46. The summed E-state index contributed by atoms with van der Waals surface area (Å²) in [5, 5.41) is 1.38. The number of para-hydroxylation sites is 1. The number of likely N-dealkylation sites (tertiary alicyclic amines) is 1. The number of nitrogens with zero attached hydrogens (tertiary/aromatic N) is 2. The van der Waals surface area contributed by atoms with E-state index in [1.807, 2.05) is 0 Å². The number of hydrogen-bond donors (Lipinski definition) is 0. The Morgan fingerprint density at radius 1 is 0.926 bits per heavy atom. The number of aromatic nitrogens is 1. The van der Waals surface area contributed by atoms with Crippen LogP contribution >= 0.6 is 0 Å². The molecule has 27 heavy (non-hydrogen) atoms. The van der Waals surface area contributed by atoms with Crippen molar-refractivity contribution in [3.63, 3.8) is 0 Å². The first-order chi connectivity index (χ1) is 13.3. The SMILES string of the molecule is CC1=C(CC2CCN(Cc3ccccc3)CC2)Cn2c1cc1ccccc12. The molecule has 0 atom stereocenters. The van der Waals surface area contributed by atoms with E-state index in [1.54, 1.807) is 5.57 Å². The number of benzene rings is 2. The van der Waals surface area contributed by atoms with Gasteiger partial charge in [-0.25, -0.2) is 0 Å². The summed E-state index contributed by atoms with van der Waals surface area (Å²) < 4.78 is 2.52. The Bertz CT molecular complexity index is 972. The van der Waals surface area contributed by atoms with E-state index >= 15 is 0 Å². The quantitative estimate of drug-likeness (QED) is 0.579. The zero-order valence-corrected chi connectivity index (χ0v) is 16.2. The monoisotopic (exact) mass is 356 g/mol. The van der Waals surface area contributed by atoms with Crippen LogP contribution in [0.2, 0.25) is 0 Å². The van der Waals surface area contributed by atoms with Crippen molar-refractivity contribution >= 4 is 16.5 Å². The van der Waals surface area contributed by atoms with E-state index in [1.165, 1.54) is 60.1 Å². The molecule has 0 unspecified atom stereocenters. The van der Waals surface area contributed by atoms with Crippen LogP contribution in [0, 0.1) is 5.92 Å². The molecule has 3 aromatic rings. The van der Waals surface area contributed by atoms with Gasteiger partial charge in [-0.2, -0.15) is 0 Å². The van der Waals surface area contributed by atoms with E-state index < -0.39 is 0 Å². The molecule has 2 aliphatic rings. The summed E-state index contributed by atoms with van der Waals surface area (Å²) in [7, 11) is 0. The second-order valence-electron chi connectivity index (χ2n) is 8.31. The molecule has 2 aliphatic heterocycles. The number of fused-ring (bicyclic) bond motifs is 3. The molecule has 1 fully saturated rings. The Morgan fingerprint density at radius 2 is 1.67 bits per heavy atom. The van der Waals surface area contributed by atoms with Crippen LogP contribution in [-0.2, 0) is 13.1 Å². The van der Waals surface area contributed by atoms with Crippen molar-refractivity contribution in [3.05, 3.63) is 77.5 Å². The van der Waals surface area contributed by atoms with E-state index in [-0.39, 0.29) is 0 Å². The molecule has 0 bridgehead atoms. The highest BCUT2D eigenvalue weighted by Gasteiger charge is 2.25. The lowest BCUT2D eigenvalue weighted by Crippen LogP contribution is -2.33. The van der Waals surface area contributed by atoms with Crippen LogP contribution in [0.4, 0.5) is 0 Å². The van der Waals surface area contributed by atoms with Gasteiger partial charge in [-0.05, 0) is 74.0 Å². The van der Waals surface area contributed by atoms with Gasteiger partial charge in [0.05, 0.1) is 0 Å². The predicted octanol–water partition coefficient (Wildman–Crippen LogP) is 5.73. The van der Waals surface area contributed by atoms with Gasteiger partial charge in [0, 0.05) is 29.7 Å². The highest BCUT2D eigenvalue weighted by Crippen LogP contribution is 2.37. The minimum atomic E-state index is 0.845. The van der Waals surface area contributed by atoms with Crippen LogP contribution in [0.25, 0.3) is 16.5 Å². The molecule has 3 heterocycles. The second kappa shape index (κ2) is 7.01. The summed E-state index contributed by atoms with van der Waals surface area (Å²) in [6.45, 7) is 7.01. The fourth-order valence-electron chi connectivity index (χ4n) is 4.94. The third-order valence-corrected chi connectivity index (χ3v) is 6.57. The Labute approximate surface area is 162 Å². The molecular formula is C25H28N2. The lowest BCUT2D eigenvalue weighted by molar-refractivity contribution is 0.176. The first kappa shape index (κ1) is 16.8. The van der Waals surface area contributed by atoms with Gasteiger partial charge >= 0.3 is 0 Å². The van der Waals surface area contributed by atoms with Crippen molar-refractivity contribution in [3.8, 4) is 0 Å². The normalized spacial score (nSPS) is 18.4. The van der Waals surface area contributed by atoms with E-state index in [9.17, 15) is 0 Å².